The van der Waals surface area contributed by atoms with Gasteiger partial charge in [0.15, 0.2) is 0 Å². The maximum absolute atomic E-state index is 12.9. The van der Waals surface area contributed by atoms with Crippen molar-refractivity contribution >= 4 is 38.6 Å². The van der Waals surface area contributed by atoms with Gasteiger partial charge in [0, 0.05) is 16.9 Å². The molecule has 1 amide bonds. The molecule has 0 radical (unpaired) electrons. The Morgan fingerprint density at radius 1 is 0.920 bits per heavy atom. The van der Waals surface area contributed by atoms with E-state index in [1.165, 1.54) is 54.6 Å². The Morgan fingerprint density at radius 3 is 2.16 bits per heavy atom. The minimum Gasteiger partial charge on any atom is -0.322 e. The minimum atomic E-state index is -3.62. The van der Waals surface area contributed by atoms with Gasteiger partial charge in [0.1, 0.15) is 10.0 Å². The predicted molar refractivity (Wildman–Crippen MR) is 95.9 cm³/mol. The average molecular weight is 376 g/mol. The van der Waals surface area contributed by atoms with E-state index in [0.29, 0.717) is 16.9 Å². The van der Waals surface area contributed by atoms with E-state index >= 15 is 0 Å². The maximum Gasteiger partial charge on any atom is 0.271 e. The summed E-state index contributed by atoms with van der Waals surface area (Å²) in [6.07, 6.45) is 0. The molecule has 0 aliphatic carbocycles. The van der Waals surface area contributed by atoms with E-state index in [2.05, 4.69) is 10.0 Å². The third-order valence-corrected chi connectivity index (χ3v) is 6.04. The molecule has 3 rings (SSSR count). The summed E-state index contributed by atoms with van der Waals surface area (Å²) in [7, 11) is -3.62. The fourth-order valence-electron chi connectivity index (χ4n) is 2.05. The molecule has 25 heavy (non-hydrogen) atoms. The Labute approximate surface area is 148 Å². The highest BCUT2D eigenvalue weighted by atomic mass is 32.2. The van der Waals surface area contributed by atoms with Crippen LogP contribution in [0.2, 0.25) is 0 Å². The number of anilines is 2. The average Bonchev–Trinajstić information content (AvgIpc) is 3.13. The van der Waals surface area contributed by atoms with E-state index < -0.39 is 10.0 Å². The molecule has 0 aliphatic heterocycles. The molecule has 2 aromatic carbocycles. The lowest BCUT2D eigenvalue weighted by molar-refractivity contribution is 0.102. The molecule has 0 saturated heterocycles. The first-order valence-corrected chi connectivity index (χ1v) is 9.54. The number of carbonyl (C=O) groups is 1. The van der Waals surface area contributed by atoms with Crippen LogP contribution in [-0.4, -0.2) is 14.3 Å². The molecule has 128 valence electrons. The topological polar surface area (TPSA) is 75.3 Å². The van der Waals surface area contributed by atoms with Crippen LogP contribution in [0.4, 0.5) is 15.8 Å². The first kappa shape index (κ1) is 17.1. The molecule has 0 atom stereocenters. The van der Waals surface area contributed by atoms with Gasteiger partial charge in [-0.25, -0.2) is 12.8 Å². The summed E-state index contributed by atoms with van der Waals surface area (Å²) < 4.78 is 39.8. The van der Waals surface area contributed by atoms with Crippen molar-refractivity contribution in [1.82, 2.24) is 0 Å². The molecule has 2 N–H and O–H groups in total. The number of carbonyl (C=O) groups excluding carboxylic acids is 1. The second-order valence-electron chi connectivity index (χ2n) is 5.08. The van der Waals surface area contributed by atoms with E-state index in [0.717, 1.165) is 11.3 Å². The monoisotopic (exact) mass is 376 g/mol. The van der Waals surface area contributed by atoms with Crippen molar-refractivity contribution in [3.05, 3.63) is 77.4 Å². The van der Waals surface area contributed by atoms with Crippen LogP contribution >= 0.6 is 11.3 Å². The third kappa shape index (κ3) is 4.23. The van der Waals surface area contributed by atoms with E-state index in [1.54, 1.807) is 11.4 Å². The van der Waals surface area contributed by atoms with Crippen molar-refractivity contribution < 1.29 is 17.6 Å². The zero-order valence-electron chi connectivity index (χ0n) is 12.8. The number of rotatable bonds is 5. The lowest BCUT2D eigenvalue weighted by Crippen LogP contribution is -2.13. The van der Waals surface area contributed by atoms with Crippen LogP contribution in [-0.2, 0) is 10.0 Å². The van der Waals surface area contributed by atoms with Crippen LogP contribution < -0.4 is 10.0 Å². The third-order valence-electron chi connectivity index (χ3n) is 3.26. The number of amides is 1. The highest BCUT2D eigenvalue weighted by molar-refractivity contribution is 7.94. The summed E-state index contributed by atoms with van der Waals surface area (Å²) in [5.41, 5.74) is 1.17. The number of nitrogens with one attached hydrogen (secondary N) is 2. The summed E-state index contributed by atoms with van der Waals surface area (Å²) in [6, 6.07) is 14.6. The van der Waals surface area contributed by atoms with Gasteiger partial charge >= 0.3 is 0 Å². The number of benzene rings is 2. The largest absolute Gasteiger partial charge is 0.322 e. The molecule has 0 bridgehead atoms. The maximum atomic E-state index is 12.9. The van der Waals surface area contributed by atoms with Crippen molar-refractivity contribution in [2.45, 2.75) is 4.21 Å². The van der Waals surface area contributed by atoms with Gasteiger partial charge in [-0.3, -0.25) is 9.52 Å². The lowest BCUT2D eigenvalue weighted by atomic mass is 10.2. The number of hydrogen-bond donors (Lipinski definition) is 2. The van der Waals surface area contributed by atoms with Crippen molar-refractivity contribution in [2.75, 3.05) is 10.0 Å². The Hall–Kier alpha value is -2.71. The Morgan fingerprint density at radius 2 is 1.56 bits per heavy atom. The SMILES string of the molecule is O=C(Nc1ccc(F)cc1)c1ccc(NS(=O)(=O)c2cccs2)cc1. The molecule has 8 heteroatoms. The molecule has 0 saturated carbocycles. The Balaban J connectivity index is 1.69. The summed E-state index contributed by atoms with van der Waals surface area (Å²) in [6.45, 7) is 0. The van der Waals surface area contributed by atoms with E-state index in [1.807, 2.05) is 0 Å². The van der Waals surface area contributed by atoms with Crippen molar-refractivity contribution in [3.63, 3.8) is 0 Å². The zero-order chi connectivity index (χ0) is 17.9. The lowest BCUT2D eigenvalue weighted by Gasteiger charge is -2.08. The molecular formula is C17H13FN2O3S2. The second kappa shape index (κ2) is 7.04. The highest BCUT2D eigenvalue weighted by Gasteiger charge is 2.15. The minimum absolute atomic E-state index is 0.214. The molecule has 1 aromatic heterocycles. The number of sulfonamides is 1. The summed E-state index contributed by atoms with van der Waals surface area (Å²) in [4.78, 5) is 12.1. The Kier molecular flexibility index (Phi) is 4.82. The van der Waals surface area contributed by atoms with Crippen LogP contribution in [0.3, 0.4) is 0 Å². The van der Waals surface area contributed by atoms with Crippen molar-refractivity contribution in [1.29, 1.82) is 0 Å². The summed E-state index contributed by atoms with van der Waals surface area (Å²) in [5.74, 6) is -0.764. The van der Waals surface area contributed by atoms with Gasteiger partial charge in [-0.2, -0.15) is 0 Å². The molecular weight excluding hydrogens is 363 g/mol. The summed E-state index contributed by atoms with van der Waals surface area (Å²) >= 11 is 1.12. The second-order valence-corrected chi connectivity index (χ2v) is 7.93. The van der Waals surface area contributed by atoms with Gasteiger partial charge in [0.25, 0.3) is 15.9 Å². The molecule has 3 aromatic rings. The van der Waals surface area contributed by atoms with E-state index in [-0.39, 0.29) is 15.9 Å². The van der Waals surface area contributed by atoms with E-state index in [9.17, 15) is 17.6 Å². The first-order valence-electron chi connectivity index (χ1n) is 7.17. The smallest absolute Gasteiger partial charge is 0.271 e. The molecule has 5 nitrogen and oxygen atoms in total. The van der Waals surface area contributed by atoms with Gasteiger partial charge in [-0.1, -0.05) is 6.07 Å². The van der Waals surface area contributed by atoms with Gasteiger partial charge in [-0.05, 0) is 60.0 Å². The van der Waals surface area contributed by atoms with Crippen molar-refractivity contribution in [2.24, 2.45) is 0 Å². The van der Waals surface area contributed by atoms with Crippen LogP contribution in [0.25, 0.3) is 0 Å². The van der Waals surface area contributed by atoms with E-state index in [4.69, 9.17) is 0 Å². The van der Waals surface area contributed by atoms with Crippen LogP contribution in [0.1, 0.15) is 10.4 Å². The van der Waals surface area contributed by atoms with Gasteiger partial charge in [0.05, 0.1) is 0 Å². The van der Waals surface area contributed by atoms with Gasteiger partial charge < -0.3 is 5.32 Å². The zero-order valence-corrected chi connectivity index (χ0v) is 14.4. The van der Waals surface area contributed by atoms with Crippen molar-refractivity contribution in [3.8, 4) is 0 Å². The van der Waals surface area contributed by atoms with Gasteiger partial charge in [0.2, 0.25) is 0 Å². The fraction of sp³-hybridized carbons (Fsp3) is 0. The highest BCUT2D eigenvalue weighted by Crippen LogP contribution is 2.20. The van der Waals surface area contributed by atoms with Gasteiger partial charge in [-0.15, -0.1) is 11.3 Å². The predicted octanol–water partition coefficient (Wildman–Crippen LogP) is 3.94. The number of hydrogen-bond acceptors (Lipinski definition) is 4. The Bertz CT molecular complexity index is 968. The van der Waals surface area contributed by atoms with Crippen LogP contribution in [0.15, 0.2) is 70.3 Å². The standard InChI is InChI=1S/C17H13FN2O3S2/c18-13-5-9-14(10-6-13)19-17(21)12-3-7-15(8-4-12)20-25(22,23)16-2-1-11-24-16/h1-11,20H,(H,19,21). The van der Waals surface area contributed by atoms with Crippen LogP contribution in [0.5, 0.6) is 0 Å². The van der Waals surface area contributed by atoms with Crippen LogP contribution in [0, 0.1) is 5.82 Å². The molecule has 0 spiro atoms. The summed E-state index contributed by atoms with van der Waals surface area (Å²) in [5, 5.41) is 4.31. The quantitative estimate of drug-likeness (QED) is 0.708. The normalized spacial score (nSPS) is 11.1. The first-order chi connectivity index (χ1) is 11.9. The fourth-order valence-corrected chi connectivity index (χ4v) is 4.10. The molecule has 1 heterocycles. The molecule has 0 aliphatic rings. The molecule has 0 fully saturated rings. The molecule has 0 unspecified atom stereocenters. The number of halogens is 1. The number of thiophene rings is 1.